The van der Waals surface area contributed by atoms with Crippen LogP contribution in [0.2, 0.25) is 0 Å². The standard InChI is InChI=1S/C36H29N/c1-4-13-28(14-5-1)30-23-25-33(26-24-30)37(34-20-12-19-32(27-34)29-15-6-2-7-16-29)36-22-11-10-21-35(36)31-17-8-3-9-18-31/h1-6,8-15,17-27H,7,16H2. The Hall–Kier alpha value is -4.62. The van der Waals surface area contributed by atoms with Gasteiger partial charge in [0.1, 0.15) is 0 Å². The second kappa shape index (κ2) is 10.6. The van der Waals surface area contributed by atoms with Crippen LogP contribution in [-0.4, -0.2) is 0 Å². The summed E-state index contributed by atoms with van der Waals surface area (Å²) in [5.74, 6) is 0. The molecule has 0 spiro atoms. The second-order valence-corrected chi connectivity index (χ2v) is 9.34. The molecule has 0 heterocycles. The van der Waals surface area contributed by atoms with Gasteiger partial charge in [0.05, 0.1) is 5.69 Å². The van der Waals surface area contributed by atoms with Gasteiger partial charge in [-0.2, -0.15) is 0 Å². The van der Waals surface area contributed by atoms with Crippen molar-refractivity contribution in [2.45, 2.75) is 12.8 Å². The summed E-state index contributed by atoms with van der Waals surface area (Å²) in [6.45, 7) is 0. The number of hydrogen-bond donors (Lipinski definition) is 0. The Bertz CT molecular complexity index is 1540. The van der Waals surface area contributed by atoms with E-state index in [1.165, 1.54) is 33.4 Å². The Kier molecular flexibility index (Phi) is 6.51. The molecule has 5 aromatic carbocycles. The van der Waals surface area contributed by atoms with Gasteiger partial charge >= 0.3 is 0 Å². The van der Waals surface area contributed by atoms with Crippen LogP contribution in [0.25, 0.3) is 27.8 Å². The fraction of sp³-hybridized carbons (Fsp3) is 0.0556. The Morgan fingerprint density at radius 2 is 1.14 bits per heavy atom. The van der Waals surface area contributed by atoms with Crippen molar-refractivity contribution in [3.05, 3.63) is 157 Å². The van der Waals surface area contributed by atoms with Crippen molar-refractivity contribution in [2.75, 3.05) is 4.90 Å². The highest BCUT2D eigenvalue weighted by molar-refractivity contribution is 5.89. The SMILES string of the molecule is C1=CCCC(c2cccc(N(c3ccc(-c4ccccc4)cc3)c3ccccc3-c3ccccc3)c2)=C1. The van der Waals surface area contributed by atoms with E-state index in [1.807, 2.05) is 0 Å². The monoisotopic (exact) mass is 475 g/mol. The van der Waals surface area contributed by atoms with Gasteiger partial charge in [-0.05, 0) is 71.0 Å². The van der Waals surface area contributed by atoms with Crippen LogP contribution in [0.3, 0.4) is 0 Å². The first-order valence-corrected chi connectivity index (χ1v) is 12.9. The third-order valence-electron chi connectivity index (χ3n) is 6.95. The van der Waals surface area contributed by atoms with Gasteiger partial charge in [0.25, 0.3) is 0 Å². The van der Waals surface area contributed by atoms with Crippen LogP contribution in [0.15, 0.2) is 152 Å². The predicted molar refractivity (Wildman–Crippen MR) is 158 cm³/mol. The van der Waals surface area contributed by atoms with E-state index in [4.69, 9.17) is 0 Å². The van der Waals surface area contributed by atoms with Gasteiger partial charge in [-0.15, -0.1) is 0 Å². The summed E-state index contributed by atoms with van der Waals surface area (Å²) in [4.78, 5) is 2.39. The highest BCUT2D eigenvalue weighted by atomic mass is 15.1. The fourth-order valence-electron chi connectivity index (χ4n) is 5.08. The predicted octanol–water partition coefficient (Wildman–Crippen LogP) is 10.2. The van der Waals surface area contributed by atoms with E-state index in [-0.39, 0.29) is 0 Å². The number of nitrogens with zero attached hydrogens (tertiary/aromatic N) is 1. The van der Waals surface area contributed by atoms with Gasteiger partial charge < -0.3 is 4.90 Å². The van der Waals surface area contributed by atoms with E-state index in [9.17, 15) is 0 Å². The normalized spacial score (nSPS) is 12.7. The smallest absolute Gasteiger partial charge is 0.0540 e. The van der Waals surface area contributed by atoms with Crippen molar-refractivity contribution in [3.63, 3.8) is 0 Å². The number of para-hydroxylation sites is 1. The van der Waals surface area contributed by atoms with Gasteiger partial charge in [0, 0.05) is 16.9 Å². The van der Waals surface area contributed by atoms with Gasteiger partial charge in [-0.1, -0.05) is 121 Å². The van der Waals surface area contributed by atoms with Crippen molar-refractivity contribution in [3.8, 4) is 22.3 Å². The van der Waals surface area contributed by atoms with Crippen LogP contribution in [0.1, 0.15) is 18.4 Å². The lowest BCUT2D eigenvalue weighted by Gasteiger charge is -2.28. The van der Waals surface area contributed by atoms with Crippen molar-refractivity contribution < 1.29 is 0 Å². The maximum Gasteiger partial charge on any atom is 0.0540 e. The molecule has 37 heavy (non-hydrogen) atoms. The molecule has 6 rings (SSSR count). The van der Waals surface area contributed by atoms with E-state index in [2.05, 4.69) is 157 Å². The number of benzene rings is 5. The lowest BCUT2D eigenvalue weighted by Crippen LogP contribution is -2.11. The molecule has 5 aromatic rings. The lowest BCUT2D eigenvalue weighted by molar-refractivity contribution is 1.05. The zero-order valence-corrected chi connectivity index (χ0v) is 20.8. The summed E-state index contributed by atoms with van der Waals surface area (Å²) < 4.78 is 0. The van der Waals surface area contributed by atoms with Crippen LogP contribution in [-0.2, 0) is 0 Å². The van der Waals surface area contributed by atoms with E-state index >= 15 is 0 Å². The first-order chi connectivity index (χ1) is 18.4. The first kappa shape index (κ1) is 22.8. The molecule has 1 aliphatic carbocycles. The molecule has 1 nitrogen and oxygen atoms in total. The zero-order chi connectivity index (χ0) is 24.9. The summed E-state index contributed by atoms with van der Waals surface area (Å²) in [6, 6.07) is 47.8. The van der Waals surface area contributed by atoms with Crippen LogP contribution in [0, 0.1) is 0 Å². The molecule has 0 N–H and O–H groups in total. The molecule has 0 amide bonds. The summed E-state index contributed by atoms with van der Waals surface area (Å²) in [6.07, 6.45) is 8.84. The Labute approximate surface area is 219 Å². The molecule has 1 heteroatoms. The summed E-state index contributed by atoms with van der Waals surface area (Å²) in [5, 5.41) is 0. The number of rotatable bonds is 6. The van der Waals surface area contributed by atoms with Gasteiger partial charge in [0.15, 0.2) is 0 Å². The average Bonchev–Trinajstić information content (AvgIpc) is 2.99. The lowest BCUT2D eigenvalue weighted by atomic mass is 9.96. The summed E-state index contributed by atoms with van der Waals surface area (Å²) in [5.41, 5.74) is 11.0. The first-order valence-electron chi connectivity index (χ1n) is 12.9. The average molecular weight is 476 g/mol. The van der Waals surface area contributed by atoms with Crippen LogP contribution in [0.4, 0.5) is 17.1 Å². The van der Waals surface area contributed by atoms with Crippen molar-refractivity contribution in [1.29, 1.82) is 0 Å². The molecular formula is C36H29N. The second-order valence-electron chi connectivity index (χ2n) is 9.34. The molecular weight excluding hydrogens is 446 g/mol. The van der Waals surface area contributed by atoms with E-state index in [0.717, 1.165) is 29.9 Å². The zero-order valence-electron chi connectivity index (χ0n) is 20.8. The largest absolute Gasteiger partial charge is 0.310 e. The van der Waals surface area contributed by atoms with Crippen LogP contribution in [0.5, 0.6) is 0 Å². The quantitative estimate of drug-likeness (QED) is 0.236. The van der Waals surface area contributed by atoms with E-state index in [0.29, 0.717) is 0 Å². The topological polar surface area (TPSA) is 3.24 Å². The molecule has 178 valence electrons. The molecule has 0 radical (unpaired) electrons. The molecule has 0 fully saturated rings. The molecule has 1 aliphatic rings. The molecule has 0 saturated carbocycles. The van der Waals surface area contributed by atoms with Gasteiger partial charge in [-0.3, -0.25) is 0 Å². The highest BCUT2D eigenvalue weighted by Crippen LogP contribution is 2.42. The van der Waals surface area contributed by atoms with E-state index in [1.54, 1.807) is 0 Å². The van der Waals surface area contributed by atoms with Crippen LogP contribution >= 0.6 is 0 Å². The molecule has 0 unspecified atom stereocenters. The number of allylic oxidation sites excluding steroid dienone is 4. The van der Waals surface area contributed by atoms with Crippen molar-refractivity contribution >= 4 is 22.6 Å². The van der Waals surface area contributed by atoms with E-state index < -0.39 is 0 Å². The minimum Gasteiger partial charge on any atom is -0.310 e. The number of hydrogen-bond acceptors (Lipinski definition) is 1. The minimum absolute atomic E-state index is 1.08. The fourth-order valence-corrected chi connectivity index (χ4v) is 5.08. The summed E-state index contributed by atoms with van der Waals surface area (Å²) >= 11 is 0. The molecule has 0 bridgehead atoms. The van der Waals surface area contributed by atoms with Crippen LogP contribution < -0.4 is 4.90 Å². The third-order valence-corrected chi connectivity index (χ3v) is 6.95. The number of anilines is 3. The van der Waals surface area contributed by atoms with Gasteiger partial charge in [-0.25, -0.2) is 0 Å². The summed E-state index contributed by atoms with van der Waals surface area (Å²) in [7, 11) is 0. The molecule has 0 saturated heterocycles. The Balaban J connectivity index is 1.50. The Morgan fingerprint density at radius 3 is 1.86 bits per heavy atom. The molecule has 0 atom stereocenters. The van der Waals surface area contributed by atoms with Crippen molar-refractivity contribution in [1.82, 2.24) is 0 Å². The third kappa shape index (κ3) is 4.90. The maximum absolute atomic E-state index is 2.39. The maximum atomic E-state index is 2.39. The molecule has 0 aromatic heterocycles. The highest BCUT2D eigenvalue weighted by Gasteiger charge is 2.18. The Morgan fingerprint density at radius 1 is 0.486 bits per heavy atom. The van der Waals surface area contributed by atoms with Gasteiger partial charge in [0.2, 0.25) is 0 Å². The molecule has 0 aliphatic heterocycles. The van der Waals surface area contributed by atoms with Crippen molar-refractivity contribution in [2.24, 2.45) is 0 Å². The minimum atomic E-state index is 1.08.